The third kappa shape index (κ3) is 5.75. The highest BCUT2D eigenvalue weighted by atomic mass is 15.2. The number of benzene rings is 7. The standard InChI is InChI=1S/C50H45B2N/c1-49(2,3)38-22-26-40(27-23-38)51-42-19-13-14-20-46(42)53-47-30-21-36(34-15-9-7-10-16-34)31-43(47)52(41-28-24-39(25-29-41)50(4,5)6)45-33-37(32-44(51)48(45)53)35-17-11-8-12-18-35/h7-33H,1-6H3. The van der Waals surface area contributed by atoms with Gasteiger partial charge >= 0.3 is 0 Å². The lowest BCUT2D eigenvalue weighted by atomic mass is 9.30. The molecule has 2 heterocycles. The van der Waals surface area contributed by atoms with Gasteiger partial charge in [0.05, 0.1) is 0 Å². The van der Waals surface area contributed by atoms with Crippen LogP contribution in [0.3, 0.4) is 0 Å². The van der Waals surface area contributed by atoms with Crippen LogP contribution in [0, 0.1) is 0 Å². The van der Waals surface area contributed by atoms with Crippen LogP contribution in [0.5, 0.6) is 0 Å². The molecule has 0 unspecified atom stereocenters. The Morgan fingerprint density at radius 3 is 1.32 bits per heavy atom. The first-order valence-electron chi connectivity index (χ1n) is 19.1. The monoisotopic (exact) mass is 681 g/mol. The summed E-state index contributed by atoms with van der Waals surface area (Å²) < 4.78 is 0. The molecule has 0 atom stereocenters. The Hall–Kier alpha value is -5.53. The van der Waals surface area contributed by atoms with E-state index in [9.17, 15) is 0 Å². The van der Waals surface area contributed by atoms with Gasteiger partial charge in [0.1, 0.15) is 0 Å². The molecule has 2 aliphatic rings. The topological polar surface area (TPSA) is 3.24 Å². The number of hydrogen-bond donors (Lipinski definition) is 0. The molecule has 1 nitrogen and oxygen atoms in total. The molecule has 0 aliphatic carbocycles. The van der Waals surface area contributed by atoms with E-state index in [4.69, 9.17) is 0 Å². The van der Waals surface area contributed by atoms with Crippen molar-refractivity contribution in [3.05, 3.63) is 175 Å². The molecule has 0 amide bonds. The first-order valence-corrected chi connectivity index (χ1v) is 19.1. The van der Waals surface area contributed by atoms with Gasteiger partial charge in [-0.1, -0.05) is 204 Å². The summed E-state index contributed by atoms with van der Waals surface area (Å²) in [5.74, 6) is 0. The van der Waals surface area contributed by atoms with Crippen LogP contribution in [-0.4, -0.2) is 13.4 Å². The summed E-state index contributed by atoms with van der Waals surface area (Å²) in [6, 6.07) is 62.0. The quantitative estimate of drug-likeness (QED) is 0.168. The van der Waals surface area contributed by atoms with Gasteiger partial charge in [0.15, 0.2) is 0 Å². The first kappa shape index (κ1) is 33.3. The van der Waals surface area contributed by atoms with E-state index in [0.717, 1.165) is 0 Å². The Kier molecular flexibility index (Phi) is 7.89. The van der Waals surface area contributed by atoms with Crippen LogP contribution >= 0.6 is 0 Å². The van der Waals surface area contributed by atoms with Crippen LogP contribution in [0.25, 0.3) is 22.3 Å². The van der Waals surface area contributed by atoms with Crippen LogP contribution in [0.2, 0.25) is 0 Å². The molecule has 7 aromatic rings. The van der Waals surface area contributed by atoms with Crippen molar-refractivity contribution in [2.45, 2.75) is 52.4 Å². The fourth-order valence-corrected chi connectivity index (χ4v) is 8.69. The summed E-state index contributed by atoms with van der Waals surface area (Å²) in [4.78, 5) is 2.58. The molecule has 0 saturated heterocycles. The molecule has 0 radical (unpaired) electrons. The highest BCUT2D eigenvalue weighted by Gasteiger charge is 2.44. The molecule has 0 fully saturated rings. The Morgan fingerprint density at radius 1 is 0.358 bits per heavy atom. The van der Waals surface area contributed by atoms with Crippen LogP contribution in [0.15, 0.2) is 164 Å². The van der Waals surface area contributed by atoms with E-state index >= 15 is 0 Å². The molecule has 7 aromatic carbocycles. The average molecular weight is 682 g/mol. The Balaban J connectivity index is 1.36. The number of nitrogens with zero attached hydrogens (tertiary/aromatic N) is 1. The van der Waals surface area contributed by atoms with Gasteiger partial charge in [-0.3, -0.25) is 0 Å². The van der Waals surface area contributed by atoms with Crippen molar-refractivity contribution in [3.8, 4) is 22.3 Å². The predicted octanol–water partition coefficient (Wildman–Crippen LogP) is 8.74. The zero-order chi connectivity index (χ0) is 36.5. The third-order valence-electron chi connectivity index (χ3n) is 11.5. The van der Waals surface area contributed by atoms with E-state index in [-0.39, 0.29) is 24.3 Å². The SMILES string of the molecule is CC(C)(C)c1ccc(B2c3ccccc3N3c4ccc(-c5ccccc5)cc4B(c4ccc(C(C)(C)C)cc4)c4cc(-c5ccccc5)cc2c43)cc1. The second-order valence-corrected chi connectivity index (χ2v) is 17.0. The lowest BCUT2D eigenvalue weighted by Crippen LogP contribution is -2.65. The van der Waals surface area contributed by atoms with Crippen molar-refractivity contribution in [2.24, 2.45) is 0 Å². The zero-order valence-corrected chi connectivity index (χ0v) is 31.7. The second kappa shape index (κ2) is 12.6. The van der Waals surface area contributed by atoms with Crippen molar-refractivity contribution < 1.29 is 0 Å². The molecule has 0 spiro atoms. The number of anilines is 3. The number of hydrogen-bond acceptors (Lipinski definition) is 1. The van der Waals surface area contributed by atoms with E-state index in [1.807, 2.05) is 0 Å². The maximum Gasteiger partial charge on any atom is 0.246 e. The first-order chi connectivity index (χ1) is 25.6. The minimum absolute atomic E-state index is 0.0468. The van der Waals surface area contributed by atoms with Gasteiger partial charge in [-0.05, 0) is 78.2 Å². The average Bonchev–Trinajstić information content (AvgIpc) is 3.17. The summed E-state index contributed by atoms with van der Waals surface area (Å²) in [5, 5.41) is 0. The van der Waals surface area contributed by atoms with Gasteiger partial charge < -0.3 is 4.90 Å². The van der Waals surface area contributed by atoms with Gasteiger partial charge in [-0.2, -0.15) is 0 Å². The normalized spacial score (nSPS) is 13.4. The van der Waals surface area contributed by atoms with E-state index in [1.165, 1.54) is 83.2 Å². The van der Waals surface area contributed by atoms with Gasteiger partial charge in [-0.15, -0.1) is 0 Å². The van der Waals surface area contributed by atoms with Crippen molar-refractivity contribution >= 4 is 63.3 Å². The molecular weight excluding hydrogens is 636 g/mol. The van der Waals surface area contributed by atoms with E-state index in [1.54, 1.807) is 0 Å². The van der Waals surface area contributed by atoms with Crippen LogP contribution < -0.4 is 37.7 Å². The smallest absolute Gasteiger partial charge is 0.246 e. The lowest BCUT2D eigenvalue weighted by Gasteiger charge is -2.44. The van der Waals surface area contributed by atoms with Gasteiger partial charge in [0.25, 0.3) is 0 Å². The van der Waals surface area contributed by atoms with Crippen molar-refractivity contribution in [2.75, 3.05) is 4.90 Å². The zero-order valence-electron chi connectivity index (χ0n) is 31.7. The molecular formula is C50H45B2N. The van der Waals surface area contributed by atoms with Gasteiger partial charge in [0, 0.05) is 17.1 Å². The van der Waals surface area contributed by atoms with Gasteiger partial charge in [0.2, 0.25) is 13.4 Å². The number of para-hydroxylation sites is 1. The Morgan fingerprint density at radius 2 is 0.792 bits per heavy atom. The minimum Gasteiger partial charge on any atom is -0.313 e. The largest absolute Gasteiger partial charge is 0.313 e. The molecule has 0 N–H and O–H groups in total. The minimum atomic E-state index is 0.0468. The molecule has 0 saturated carbocycles. The van der Waals surface area contributed by atoms with E-state index in [0.29, 0.717) is 0 Å². The fraction of sp³-hybridized carbons (Fsp3) is 0.160. The molecule has 3 heteroatoms. The van der Waals surface area contributed by atoms with Crippen molar-refractivity contribution in [1.29, 1.82) is 0 Å². The van der Waals surface area contributed by atoms with Crippen LogP contribution in [-0.2, 0) is 10.8 Å². The van der Waals surface area contributed by atoms with E-state index < -0.39 is 0 Å². The summed E-state index contributed by atoms with van der Waals surface area (Å²) in [6.07, 6.45) is 0. The number of fused-ring (bicyclic) bond motifs is 4. The summed E-state index contributed by atoms with van der Waals surface area (Å²) in [6.45, 7) is 13.9. The fourth-order valence-electron chi connectivity index (χ4n) is 8.69. The van der Waals surface area contributed by atoms with Crippen LogP contribution in [0.4, 0.5) is 17.1 Å². The van der Waals surface area contributed by atoms with Gasteiger partial charge in [-0.25, -0.2) is 0 Å². The molecule has 0 bridgehead atoms. The second-order valence-electron chi connectivity index (χ2n) is 17.0. The highest BCUT2D eigenvalue weighted by Crippen LogP contribution is 2.39. The third-order valence-corrected chi connectivity index (χ3v) is 11.5. The molecule has 0 aromatic heterocycles. The maximum atomic E-state index is 2.58. The molecule has 256 valence electrons. The van der Waals surface area contributed by atoms with Crippen molar-refractivity contribution in [3.63, 3.8) is 0 Å². The molecule has 2 aliphatic heterocycles. The summed E-state index contributed by atoms with van der Waals surface area (Å²) >= 11 is 0. The van der Waals surface area contributed by atoms with Crippen molar-refractivity contribution in [1.82, 2.24) is 0 Å². The maximum absolute atomic E-state index is 2.58. The molecule has 53 heavy (non-hydrogen) atoms. The van der Waals surface area contributed by atoms with Crippen LogP contribution in [0.1, 0.15) is 52.7 Å². The Labute approximate surface area is 316 Å². The molecule has 9 rings (SSSR count). The predicted molar refractivity (Wildman–Crippen MR) is 232 cm³/mol. The van der Waals surface area contributed by atoms with E-state index in [2.05, 4.69) is 210 Å². The highest BCUT2D eigenvalue weighted by molar-refractivity contribution is 7.02. The lowest BCUT2D eigenvalue weighted by molar-refractivity contribution is 0.590. The Bertz CT molecular complexity index is 2450. The summed E-state index contributed by atoms with van der Waals surface area (Å²) in [7, 11) is 0. The summed E-state index contributed by atoms with van der Waals surface area (Å²) in [5.41, 5.74) is 19.7. The number of rotatable bonds is 4.